The third-order valence-electron chi connectivity index (χ3n) is 2.79. The molecule has 2 N–H and O–H groups in total. The van der Waals surface area contributed by atoms with E-state index in [1.54, 1.807) is 6.07 Å². The van der Waals surface area contributed by atoms with Gasteiger partial charge in [-0.2, -0.15) is 0 Å². The summed E-state index contributed by atoms with van der Waals surface area (Å²) in [5.74, 6) is -1.58. The molecule has 22 heavy (non-hydrogen) atoms. The number of likely N-dealkylation sites (N-methyl/N-ethyl adjacent to an activating group) is 1. The Morgan fingerprint density at radius 3 is 2.50 bits per heavy atom. The van der Waals surface area contributed by atoms with Crippen molar-refractivity contribution >= 4 is 35.1 Å². The second-order valence-corrected chi connectivity index (χ2v) is 5.80. The number of hydrogen-bond acceptors (Lipinski definition) is 3. The highest BCUT2D eigenvalue weighted by atomic mass is 35.5. The molecule has 1 aromatic carbocycles. The predicted molar refractivity (Wildman–Crippen MR) is 84.1 cm³/mol. The number of carbonyl (C=O) groups is 3. The minimum absolute atomic E-state index is 0.146. The zero-order valence-corrected chi connectivity index (χ0v) is 13.5. The van der Waals surface area contributed by atoms with Crippen LogP contribution in [0.25, 0.3) is 0 Å². The van der Waals surface area contributed by atoms with Crippen molar-refractivity contribution in [3.63, 3.8) is 0 Å². The Labute approximate surface area is 134 Å². The Morgan fingerprint density at radius 1 is 1.32 bits per heavy atom. The number of amides is 2. The van der Waals surface area contributed by atoms with Crippen LogP contribution in [0, 0.1) is 5.92 Å². The van der Waals surface area contributed by atoms with Crippen LogP contribution in [0.5, 0.6) is 0 Å². The standard InChI is InChI=1S/C15H19ClN2O4/c1-9(2)6-13(19)17-10-4-5-12(16)11(7-10)15(22)18(3)8-14(20)21/h4-5,7,9H,6,8H2,1-3H3,(H,17,19)(H,20,21). The third kappa shape index (κ3) is 5.37. The topological polar surface area (TPSA) is 86.7 Å². The van der Waals surface area contributed by atoms with E-state index in [2.05, 4.69) is 5.32 Å². The molecule has 0 saturated heterocycles. The Kier molecular flexibility index (Phi) is 6.37. The maximum atomic E-state index is 12.2. The van der Waals surface area contributed by atoms with Gasteiger partial charge in [-0.3, -0.25) is 14.4 Å². The van der Waals surface area contributed by atoms with E-state index in [0.717, 1.165) is 4.90 Å². The van der Waals surface area contributed by atoms with Crippen molar-refractivity contribution in [2.24, 2.45) is 5.92 Å². The van der Waals surface area contributed by atoms with Crippen LogP contribution in [0.3, 0.4) is 0 Å². The third-order valence-corrected chi connectivity index (χ3v) is 3.12. The molecule has 0 aromatic heterocycles. The molecule has 0 bridgehead atoms. The van der Waals surface area contributed by atoms with Gasteiger partial charge in [0.2, 0.25) is 5.91 Å². The van der Waals surface area contributed by atoms with Crippen LogP contribution in [0.15, 0.2) is 18.2 Å². The zero-order valence-electron chi connectivity index (χ0n) is 12.7. The van der Waals surface area contributed by atoms with Crippen molar-refractivity contribution in [3.8, 4) is 0 Å². The van der Waals surface area contributed by atoms with Gasteiger partial charge in [0.05, 0.1) is 10.6 Å². The Morgan fingerprint density at radius 2 is 1.95 bits per heavy atom. The maximum Gasteiger partial charge on any atom is 0.323 e. The van der Waals surface area contributed by atoms with Crippen molar-refractivity contribution in [2.45, 2.75) is 20.3 Å². The molecule has 0 atom stereocenters. The first kappa shape index (κ1) is 18.0. The molecule has 1 rings (SSSR count). The second kappa shape index (κ2) is 7.79. The number of hydrogen-bond donors (Lipinski definition) is 2. The molecule has 120 valence electrons. The molecule has 0 unspecified atom stereocenters. The Hall–Kier alpha value is -2.08. The SMILES string of the molecule is CC(C)CC(=O)Nc1ccc(Cl)c(C(=O)N(C)CC(=O)O)c1. The van der Waals surface area contributed by atoms with E-state index >= 15 is 0 Å². The van der Waals surface area contributed by atoms with Crippen molar-refractivity contribution in [1.82, 2.24) is 4.90 Å². The van der Waals surface area contributed by atoms with Gasteiger partial charge >= 0.3 is 5.97 Å². The molecule has 0 aliphatic carbocycles. The number of benzene rings is 1. The molecule has 0 spiro atoms. The molecule has 0 heterocycles. The molecule has 1 aromatic rings. The van der Waals surface area contributed by atoms with Gasteiger partial charge in [0.25, 0.3) is 5.91 Å². The molecule has 2 amide bonds. The number of aliphatic carboxylic acids is 1. The maximum absolute atomic E-state index is 12.2. The molecule has 0 radical (unpaired) electrons. The summed E-state index contributed by atoms with van der Waals surface area (Å²) in [7, 11) is 1.37. The number of nitrogens with one attached hydrogen (secondary N) is 1. The fourth-order valence-corrected chi connectivity index (χ4v) is 2.03. The first-order chi connectivity index (χ1) is 10.2. The lowest BCUT2D eigenvalue weighted by molar-refractivity contribution is -0.137. The molecule has 0 aliphatic heterocycles. The van der Waals surface area contributed by atoms with Crippen LogP contribution < -0.4 is 5.32 Å². The molecule has 0 saturated carbocycles. The number of halogens is 1. The number of carboxylic acid groups (broad SMARTS) is 1. The van der Waals surface area contributed by atoms with Crippen molar-refractivity contribution in [1.29, 1.82) is 0 Å². The number of carbonyl (C=O) groups excluding carboxylic acids is 2. The van der Waals surface area contributed by atoms with E-state index in [1.807, 2.05) is 13.8 Å². The first-order valence-electron chi connectivity index (χ1n) is 6.77. The fourth-order valence-electron chi connectivity index (χ4n) is 1.83. The van der Waals surface area contributed by atoms with E-state index in [0.29, 0.717) is 12.1 Å². The minimum Gasteiger partial charge on any atom is -0.480 e. The van der Waals surface area contributed by atoms with Crippen LogP contribution >= 0.6 is 11.6 Å². The van der Waals surface area contributed by atoms with Gasteiger partial charge in [-0.15, -0.1) is 0 Å². The van der Waals surface area contributed by atoms with E-state index in [4.69, 9.17) is 16.7 Å². The van der Waals surface area contributed by atoms with Crippen molar-refractivity contribution < 1.29 is 19.5 Å². The molecule has 6 nitrogen and oxygen atoms in total. The van der Waals surface area contributed by atoms with Crippen LogP contribution in [0.1, 0.15) is 30.6 Å². The zero-order chi connectivity index (χ0) is 16.9. The summed E-state index contributed by atoms with van der Waals surface area (Å²) in [4.78, 5) is 35.6. The normalized spacial score (nSPS) is 10.4. The summed E-state index contributed by atoms with van der Waals surface area (Å²) in [6, 6.07) is 4.53. The number of nitrogens with zero attached hydrogens (tertiary/aromatic N) is 1. The molecule has 0 fully saturated rings. The van der Waals surface area contributed by atoms with Gasteiger partial charge in [0.15, 0.2) is 0 Å². The van der Waals surface area contributed by atoms with Gasteiger partial charge in [-0.1, -0.05) is 25.4 Å². The Balaban J connectivity index is 2.92. The summed E-state index contributed by atoms with van der Waals surface area (Å²) < 4.78 is 0. The van der Waals surface area contributed by atoms with E-state index in [9.17, 15) is 14.4 Å². The number of carboxylic acids is 1. The van der Waals surface area contributed by atoms with Gasteiger partial charge in [0.1, 0.15) is 6.54 Å². The number of anilines is 1. The highest BCUT2D eigenvalue weighted by Gasteiger charge is 2.18. The summed E-state index contributed by atoms with van der Waals surface area (Å²) in [5, 5.41) is 11.6. The predicted octanol–water partition coefficient (Wildman–Crippen LogP) is 2.48. The molecular weight excluding hydrogens is 308 g/mol. The summed E-state index contributed by atoms with van der Waals surface area (Å²) in [6.45, 7) is 3.42. The average Bonchev–Trinajstić information content (AvgIpc) is 2.38. The van der Waals surface area contributed by atoms with Gasteiger partial charge < -0.3 is 15.3 Å². The summed E-state index contributed by atoms with van der Waals surface area (Å²) in [6.07, 6.45) is 0.366. The monoisotopic (exact) mass is 326 g/mol. The highest BCUT2D eigenvalue weighted by molar-refractivity contribution is 6.34. The van der Waals surface area contributed by atoms with E-state index in [-0.39, 0.29) is 22.4 Å². The molecular formula is C15H19ClN2O4. The lowest BCUT2D eigenvalue weighted by atomic mass is 10.1. The minimum atomic E-state index is -1.12. The van der Waals surface area contributed by atoms with Crippen molar-refractivity contribution in [3.05, 3.63) is 28.8 Å². The van der Waals surface area contributed by atoms with Crippen LogP contribution in [-0.2, 0) is 9.59 Å². The largest absolute Gasteiger partial charge is 0.480 e. The molecule has 7 heteroatoms. The summed E-state index contributed by atoms with van der Waals surface area (Å²) >= 11 is 5.98. The van der Waals surface area contributed by atoms with Crippen molar-refractivity contribution in [2.75, 3.05) is 18.9 Å². The highest BCUT2D eigenvalue weighted by Crippen LogP contribution is 2.22. The number of rotatable bonds is 6. The van der Waals surface area contributed by atoms with E-state index < -0.39 is 18.4 Å². The fraction of sp³-hybridized carbons (Fsp3) is 0.400. The van der Waals surface area contributed by atoms with E-state index in [1.165, 1.54) is 19.2 Å². The molecule has 0 aliphatic rings. The smallest absolute Gasteiger partial charge is 0.323 e. The quantitative estimate of drug-likeness (QED) is 0.840. The average molecular weight is 327 g/mol. The van der Waals surface area contributed by atoms with Crippen LogP contribution in [0.2, 0.25) is 5.02 Å². The van der Waals surface area contributed by atoms with Gasteiger partial charge in [-0.25, -0.2) is 0 Å². The lowest BCUT2D eigenvalue weighted by Crippen LogP contribution is -2.32. The summed E-state index contributed by atoms with van der Waals surface area (Å²) in [5.41, 5.74) is 0.592. The van der Waals surface area contributed by atoms with Crippen LogP contribution in [0.4, 0.5) is 5.69 Å². The first-order valence-corrected chi connectivity index (χ1v) is 7.15. The van der Waals surface area contributed by atoms with Gasteiger partial charge in [-0.05, 0) is 24.1 Å². The second-order valence-electron chi connectivity index (χ2n) is 5.40. The van der Waals surface area contributed by atoms with Gasteiger partial charge in [0, 0.05) is 19.2 Å². The lowest BCUT2D eigenvalue weighted by Gasteiger charge is -2.16. The Bertz CT molecular complexity index is 587. The van der Waals surface area contributed by atoms with Crippen LogP contribution in [-0.4, -0.2) is 41.4 Å².